The van der Waals surface area contributed by atoms with Crippen LogP contribution in [0, 0.1) is 5.92 Å². The summed E-state index contributed by atoms with van der Waals surface area (Å²) in [5, 5.41) is 2.91. The van der Waals surface area contributed by atoms with Crippen molar-refractivity contribution in [1.82, 2.24) is 10.2 Å². The predicted molar refractivity (Wildman–Crippen MR) is 85.1 cm³/mol. The van der Waals surface area contributed by atoms with Crippen LogP contribution in [0.25, 0.3) is 0 Å². The van der Waals surface area contributed by atoms with Gasteiger partial charge < -0.3 is 10.2 Å². The maximum atomic E-state index is 12.9. The van der Waals surface area contributed by atoms with Gasteiger partial charge in [0.15, 0.2) is 0 Å². The van der Waals surface area contributed by atoms with Gasteiger partial charge in [0.25, 0.3) is 0 Å². The molecule has 1 aromatic rings. The van der Waals surface area contributed by atoms with Gasteiger partial charge >= 0.3 is 0 Å². The van der Waals surface area contributed by atoms with Crippen LogP contribution in [-0.2, 0) is 22.6 Å². The molecule has 1 heterocycles. The van der Waals surface area contributed by atoms with Gasteiger partial charge in [-0.05, 0) is 36.3 Å². The van der Waals surface area contributed by atoms with Crippen LogP contribution in [0.15, 0.2) is 24.3 Å². The average Bonchev–Trinajstić information content (AvgIpc) is 3.05. The summed E-state index contributed by atoms with van der Waals surface area (Å²) in [5.41, 5.74) is 2.57. The van der Waals surface area contributed by atoms with Crippen LogP contribution < -0.4 is 5.32 Å². The normalized spacial score (nSPS) is 19.6. The van der Waals surface area contributed by atoms with Crippen LogP contribution in [0.2, 0.25) is 0 Å². The van der Waals surface area contributed by atoms with Crippen molar-refractivity contribution in [2.45, 2.75) is 51.6 Å². The lowest BCUT2D eigenvalue weighted by atomic mass is 9.94. The van der Waals surface area contributed by atoms with Crippen molar-refractivity contribution in [2.24, 2.45) is 5.92 Å². The minimum Gasteiger partial charge on any atom is -0.344 e. The largest absolute Gasteiger partial charge is 0.344 e. The molecule has 4 heteroatoms. The first-order valence-electron chi connectivity index (χ1n) is 8.28. The first-order chi connectivity index (χ1) is 10.6. The van der Waals surface area contributed by atoms with E-state index >= 15 is 0 Å². The molecule has 1 atom stereocenters. The van der Waals surface area contributed by atoms with Gasteiger partial charge in [0, 0.05) is 20.0 Å². The van der Waals surface area contributed by atoms with Gasteiger partial charge in [-0.15, -0.1) is 0 Å². The van der Waals surface area contributed by atoms with E-state index in [9.17, 15) is 9.59 Å². The first-order valence-corrected chi connectivity index (χ1v) is 8.28. The van der Waals surface area contributed by atoms with E-state index in [0.29, 0.717) is 12.5 Å². The lowest BCUT2D eigenvalue weighted by Gasteiger charge is -2.34. The molecule has 3 rings (SSSR count). The number of hydrogen-bond donors (Lipinski definition) is 1. The third kappa shape index (κ3) is 3.16. The molecule has 22 heavy (non-hydrogen) atoms. The summed E-state index contributed by atoms with van der Waals surface area (Å²) in [5.74, 6) is 0.285. The Bertz CT molecular complexity index is 564. The minimum atomic E-state index is -0.342. The summed E-state index contributed by atoms with van der Waals surface area (Å²) in [6.45, 7) is 2.91. The fourth-order valence-corrected chi connectivity index (χ4v) is 3.77. The number of carbonyl (C=O) groups is 2. The highest BCUT2D eigenvalue weighted by Crippen LogP contribution is 2.29. The predicted octanol–water partition coefficient (Wildman–Crippen LogP) is 2.27. The zero-order valence-electron chi connectivity index (χ0n) is 13.2. The van der Waals surface area contributed by atoms with Crippen molar-refractivity contribution in [3.63, 3.8) is 0 Å². The van der Waals surface area contributed by atoms with Gasteiger partial charge in [0.2, 0.25) is 11.8 Å². The highest BCUT2D eigenvalue weighted by Gasteiger charge is 2.35. The summed E-state index contributed by atoms with van der Waals surface area (Å²) >= 11 is 0. The van der Waals surface area contributed by atoms with Gasteiger partial charge in [-0.3, -0.25) is 9.59 Å². The first kappa shape index (κ1) is 15.1. The van der Waals surface area contributed by atoms with Crippen molar-refractivity contribution in [2.75, 3.05) is 6.54 Å². The van der Waals surface area contributed by atoms with Gasteiger partial charge in [-0.25, -0.2) is 0 Å². The van der Waals surface area contributed by atoms with Crippen LogP contribution >= 0.6 is 0 Å². The van der Waals surface area contributed by atoms with Crippen LogP contribution in [0.1, 0.15) is 43.7 Å². The van der Waals surface area contributed by atoms with Crippen molar-refractivity contribution >= 4 is 11.8 Å². The minimum absolute atomic E-state index is 0.0941. The van der Waals surface area contributed by atoms with E-state index in [2.05, 4.69) is 23.5 Å². The Kier molecular flexibility index (Phi) is 4.46. The quantitative estimate of drug-likeness (QED) is 0.931. The fraction of sp³-hybridized carbons (Fsp3) is 0.556. The zero-order chi connectivity index (χ0) is 15.5. The van der Waals surface area contributed by atoms with E-state index in [4.69, 9.17) is 0 Å². The Morgan fingerprint density at radius 3 is 2.55 bits per heavy atom. The van der Waals surface area contributed by atoms with E-state index in [-0.39, 0.29) is 17.9 Å². The molecular weight excluding hydrogens is 276 g/mol. The van der Waals surface area contributed by atoms with Gasteiger partial charge in [0.05, 0.1) is 0 Å². The Hall–Kier alpha value is -1.84. The Balaban J connectivity index is 1.74. The number of carbonyl (C=O) groups excluding carboxylic acids is 2. The van der Waals surface area contributed by atoms with E-state index in [1.54, 1.807) is 0 Å². The molecule has 1 saturated carbocycles. The maximum Gasteiger partial charge on any atom is 0.245 e. The Morgan fingerprint density at radius 1 is 1.18 bits per heavy atom. The monoisotopic (exact) mass is 300 g/mol. The van der Waals surface area contributed by atoms with Gasteiger partial charge in [0.1, 0.15) is 6.04 Å². The number of rotatable bonds is 3. The summed E-state index contributed by atoms with van der Waals surface area (Å²) in [7, 11) is 0. The van der Waals surface area contributed by atoms with Gasteiger partial charge in [-0.1, -0.05) is 37.1 Å². The van der Waals surface area contributed by atoms with E-state index in [1.807, 2.05) is 11.0 Å². The molecule has 1 fully saturated rings. The second kappa shape index (κ2) is 6.51. The molecule has 2 amide bonds. The molecule has 1 aliphatic carbocycles. The molecule has 0 saturated heterocycles. The maximum absolute atomic E-state index is 12.9. The topological polar surface area (TPSA) is 49.4 Å². The second-order valence-electron chi connectivity index (χ2n) is 6.50. The second-order valence-corrected chi connectivity index (χ2v) is 6.50. The number of amides is 2. The smallest absolute Gasteiger partial charge is 0.245 e. The third-order valence-electron chi connectivity index (χ3n) is 4.94. The van der Waals surface area contributed by atoms with Crippen LogP contribution in [0.5, 0.6) is 0 Å². The molecule has 1 aliphatic heterocycles. The molecule has 118 valence electrons. The lowest BCUT2D eigenvalue weighted by Crippen LogP contribution is -2.52. The molecule has 1 N–H and O–H groups in total. The van der Waals surface area contributed by atoms with E-state index in [0.717, 1.165) is 38.6 Å². The zero-order valence-corrected chi connectivity index (χ0v) is 13.2. The number of hydrogen-bond acceptors (Lipinski definition) is 2. The van der Waals surface area contributed by atoms with Crippen molar-refractivity contribution < 1.29 is 9.59 Å². The lowest BCUT2D eigenvalue weighted by molar-refractivity contribution is -0.138. The standard InChI is InChI=1S/C18H24N2O2/c1-13(21)19-17(15-7-3-4-8-15)18(22)20-11-10-14-6-2-5-9-16(14)12-20/h2,5-6,9,15,17H,3-4,7-8,10-12H2,1H3,(H,19,21). The average molecular weight is 300 g/mol. The highest BCUT2D eigenvalue weighted by atomic mass is 16.2. The number of benzene rings is 1. The Morgan fingerprint density at radius 2 is 1.86 bits per heavy atom. The summed E-state index contributed by atoms with van der Waals surface area (Å²) < 4.78 is 0. The van der Waals surface area contributed by atoms with Crippen molar-refractivity contribution in [3.05, 3.63) is 35.4 Å². The molecule has 1 aromatic carbocycles. The molecular formula is C18H24N2O2. The fourth-order valence-electron chi connectivity index (χ4n) is 3.77. The van der Waals surface area contributed by atoms with Crippen LogP contribution in [0.3, 0.4) is 0 Å². The molecule has 4 nitrogen and oxygen atoms in total. The Labute approximate surface area is 131 Å². The molecule has 0 radical (unpaired) electrons. The molecule has 2 aliphatic rings. The van der Waals surface area contributed by atoms with Crippen molar-refractivity contribution in [3.8, 4) is 0 Å². The van der Waals surface area contributed by atoms with Gasteiger partial charge in [-0.2, -0.15) is 0 Å². The number of nitrogens with one attached hydrogen (secondary N) is 1. The number of nitrogens with zero attached hydrogens (tertiary/aromatic N) is 1. The summed E-state index contributed by atoms with van der Waals surface area (Å²) in [6, 6.07) is 7.96. The van der Waals surface area contributed by atoms with E-state index < -0.39 is 0 Å². The summed E-state index contributed by atoms with van der Waals surface area (Å²) in [4.78, 5) is 26.4. The molecule has 0 spiro atoms. The number of fused-ring (bicyclic) bond motifs is 1. The summed E-state index contributed by atoms with van der Waals surface area (Å²) in [6.07, 6.45) is 5.31. The van der Waals surface area contributed by atoms with Crippen LogP contribution in [-0.4, -0.2) is 29.3 Å². The van der Waals surface area contributed by atoms with Crippen molar-refractivity contribution in [1.29, 1.82) is 0 Å². The highest BCUT2D eigenvalue weighted by molar-refractivity contribution is 5.87. The molecule has 0 bridgehead atoms. The van der Waals surface area contributed by atoms with E-state index in [1.165, 1.54) is 18.1 Å². The molecule has 0 aromatic heterocycles. The SMILES string of the molecule is CC(=O)NC(C(=O)N1CCc2ccccc2C1)C1CCCC1. The van der Waals surface area contributed by atoms with Crippen LogP contribution in [0.4, 0.5) is 0 Å². The molecule has 1 unspecified atom stereocenters. The third-order valence-corrected chi connectivity index (χ3v) is 4.94.